The number of aryl methyl sites for hydroxylation is 1. The van der Waals surface area contributed by atoms with Crippen LogP contribution in [0.2, 0.25) is 0 Å². The lowest BCUT2D eigenvalue weighted by Crippen LogP contribution is -2.29. The Morgan fingerprint density at radius 2 is 2.20 bits per heavy atom. The predicted octanol–water partition coefficient (Wildman–Crippen LogP) is 1.27. The Balaban J connectivity index is 2.28. The van der Waals surface area contributed by atoms with Crippen molar-refractivity contribution in [3.05, 3.63) is 12.0 Å². The quantitative estimate of drug-likeness (QED) is 0.611. The third kappa shape index (κ3) is 2.88. The molecule has 2 rings (SSSR count). The van der Waals surface area contributed by atoms with E-state index in [1.54, 1.807) is 10.9 Å². The first-order chi connectivity index (χ1) is 9.56. The van der Waals surface area contributed by atoms with Gasteiger partial charge in [0.15, 0.2) is 11.5 Å². The van der Waals surface area contributed by atoms with Crippen LogP contribution in [0.3, 0.4) is 0 Å². The Labute approximate surface area is 119 Å². The Morgan fingerprint density at radius 3 is 2.85 bits per heavy atom. The summed E-state index contributed by atoms with van der Waals surface area (Å²) in [6.45, 7) is 5.10. The molecule has 2 aromatic rings. The van der Waals surface area contributed by atoms with E-state index in [0.717, 1.165) is 23.3 Å². The molecule has 0 aliphatic heterocycles. The molecule has 0 fully saturated rings. The maximum absolute atomic E-state index is 5.54. The lowest BCUT2D eigenvalue weighted by molar-refractivity contribution is 0.231. The molecule has 0 aromatic carbocycles. The molecule has 2 heterocycles. The first-order valence-corrected chi connectivity index (χ1v) is 6.92. The van der Waals surface area contributed by atoms with Gasteiger partial charge in [0.1, 0.15) is 5.82 Å². The van der Waals surface area contributed by atoms with Crippen molar-refractivity contribution >= 4 is 16.9 Å². The minimum Gasteiger partial charge on any atom is -0.308 e. The fourth-order valence-corrected chi connectivity index (χ4v) is 2.27. The van der Waals surface area contributed by atoms with Crippen LogP contribution in [-0.4, -0.2) is 37.7 Å². The van der Waals surface area contributed by atoms with Crippen molar-refractivity contribution in [3.8, 4) is 0 Å². The van der Waals surface area contributed by atoms with E-state index in [-0.39, 0.29) is 0 Å². The van der Waals surface area contributed by atoms with E-state index < -0.39 is 0 Å². The van der Waals surface area contributed by atoms with E-state index >= 15 is 0 Å². The number of hydrazine groups is 1. The van der Waals surface area contributed by atoms with Gasteiger partial charge in [-0.05, 0) is 20.4 Å². The van der Waals surface area contributed by atoms with Crippen LogP contribution in [0.15, 0.2) is 6.20 Å². The second-order valence-electron chi connectivity index (χ2n) is 5.19. The zero-order valence-electron chi connectivity index (χ0n) is 12.6. The molecule has 1 unspecified atom stereocenters. The molecule has 0 radical (unpaired) electrons. The summed E-state index contributed by atoms with van der Waals surface area (Å²) in [6.07, 6.45) is 4.05. The van der Waals surface area contributed by atoms with Crippen LogP contribution < -0.4 is 11.3 Å². The summed E-state index contributed by atoms with van der Waals surface area (Å²) in [5.74, 6) is 6.91. The number of anilines is 1. The lowest BCUT2D eigenvalue weighted by atomic mass is 10.2. The van der Waals surface area contributed by atoms with Crippen molar-refractivity contribution in [2.24, 2.45) is 12.9 Å². The van der Waals surface area contributed by atoms with Crippen molar-refractivity contribution in [2.75, 3.05) is 12.5 Å². The van der Waals surface area contributed by atoms with Gasteiger partial charge >= 0.3 is 0 Å². The number of fused-ring (bicyclic) bond motifs is 1. The molecule has 110 valence electrons. The summed E-state index contributed by atoms with van der Waals surface area (Å²) < 4.78 is 1.73. The van der Waals surface area contributed by atoms with Crippen LogP contribution in [0.25, 0.3) is 11.0 Å². The van der Waals surface area contributed by atoms with Crippen LogP contribution in [0, 0.1) is 0 Å². The predicted molar refractivity (Wildman–Crippen MR) is 80.0 cm³/mol. The molecule has 7 heteroatoms. The van der Waals surface area contributed by atoms with E-state index in [2.05, 4.69) is 46.3 Å². The fraction of sp³-hybridized carbons (Fsp3) is 0.615. The molecule has 2 aromatic heterocycles. The Hall–Kier alpha value is -1.73. The van der Waals surface area contributed by atoms with Gasteiger partial charge < -0.3 is 5.43 Å². The lowest BCUT2D eigenvalue weighted by Gasteiger charge is -2.23. The van der Waals surface area contributed by atoms with E-state index in [1.165, 1.54) is 6.42 Å². The third-order valence-corrected chi connectivity index (χ3v) is 3.62. The second-order valence-corrected chi connectivity index (χ2v) is 5.19. The summed E-state index contributed by atoms with van der Waals surface area (Å²) in [4.78, 5) is 11.3. The summed E-state index contributed by atoms with van der Waals surface area (Å²) in [5, 5.41) is 5.03. The number of nitrogens with one attached hydrogen (secondary N) is 1. The van der Waals surface area contributed by atoms with Crippen LogP contribution in [0.1, 0.15) is 32.5 Å². The molecular weight excluding hydrogens is 254 g/mol. The van der Waals surface area contributed by atoms with Gasteiger partial charge in [0.05, 0.1) is 18.1 Å². The number of hydrogen-bond donors (Lipinski definition) is 2. The minimum atomic E-state index is 0.500. The number of nitrogen functional groups attached to an aromatic ring is 1. The number of nitrogens with zero attached hydrogens (tertiary/aromatic N) is 5. The summed E-state index contributed by atoms with van der Waals surface area (Å²) >= 11 is 0. The van der Waals surface area contributed by atoms with Gasteiger partial charge in [0, 0.05) is 13.1 Å². The van der Waals surface area contributed by atoms with Gasteiger partial charge in [-0.15, -0.1) is 0 Å². The molecule has 0 aliphatic carbocycles. The normalized spacial score (nSPS) is 13.1. The van der Waals surface area contributed by atoms with Crippen molar-refractivity contribution < 1.29 is 0 Å². The molecule has 0 saturated heterocycles. The average molecular weight is 277 g/mol. The maximum Gasteiger partial charge on any atom is 0.163 e. The molecule has 20 heavy (non-hydrogen) atoms. The topological polar surface area (TPSA) is 84.9 Å². The van der Waals surface area contributed by atoms with E-state index in [0.29, 0.717) is 18.4 Å². The van der Waals surface area contributed by atoms with Crippen molar-refractivity contribution in [1.29, 1.82) is 0 Å². The largest absolute Gasteiger partial charge is 0.308 e. The van der Waals surface area contributed by atoms with Gasteiger partial charge in [0.2, 0.25) is 0 Å². The molecule has 0 spiro atoms. The maximum atomic E-state index is 5.54. The molecule has 0 amide bonds. The molecule has 0 bridgehead atoms. The monoisotopic (exact) mass is 277 g/mol. The van der Waals surface area contributed by atoms with Gasteiger partial charge in [-0.1, -0.05) is 13.3 Å². The van der Waals surface area contributed by atoms with Gasteiger partial charge in [-0.25, -0.2) is 15.8 Å². The second kappa shape index (κ2) is 6.15. The molecular formula is C13H23N7. The van der Waals surface area contributed by atoms with E-state index in [9.17, 15) is 0 Å². The van der Waals surface area contributed by atoms with Crippen LogP contribution in [0.5, 0.6) is 0 Å². The first kappa shape index (κ1) is 14.7. The third-order valence-electron chi connectivity index (χ3n) is 3.62. The highest BCUT2D eigenvalue weighted by Crippen LogP contribution is 2.19. The van der Waals surface area contributed by atoms with Crippen LogP contribution in [-0.2, 0) is 13.6 Å². The highest BCUT2D eigenvalue weighted by molar-refractivity contribution is 5.86. The first-order valence-electron chi connectivity index (χ1n) is 6.92. The number of nitrogens with two attached hydrogens (primary N) is 1. The van der Waals surface area contributed by atoms with Crippen molar-refractivity contribution in [2.45, 2.75) is 39.3 Å². The molecule has 3 N–H and O–H groups in total. The number of aromatic nitrogens is 4. The van der Waals surface area contributed by atoms with Gasteiger partial charge in [-0.2, -0.15) is 5.10 Å². The fourth-order valence-electron chi connectivity index (χ4n) is 2.27. The van der Waals surface area contributed by atoms with Crippen molar-refractivity contribution in [1.82, 2.24) is 24.6 Å². The SMILES string of the molecule is CCCC(C)N(C)Cc1nc(NN)c2cnn(C)c2n1. The highest BCUT2D eigenvalue weighted by Gasteiger charge is 2.14. The Morgan fingerprint density at radius 1 is 1.45 bits per heavy atom. The smallest absolute Gasteiger partial charge is 0.163 e. The summed E-state index contributed by atoms with van der Waals surface area (Å²) in [7, 11) is 3.95. The van der Waals surface area contributed by atoms with Gasteiger partial charge in [-0.3, -0.25) is 9.58 Å². The van der Waals surface area contributed by atoms with Gasteiger partial charge in [0.25, 0.3) is 0 Å². The van der Waals surface area contributed by atoms with E-state index in [1.807, 2.05) is 7.05 Å². The summed E-state index contributed by atoms with van der Waals surface area (Å²) in [6, 6.07) is 0.500. The number of hydrogen-bond acceptors (Lipinski definition) is 6. The van der Waals surface area contributed by atoms with Crippen LogP contribution >= 0.6 is 0 Å². The molecule has 7 nitrogen and oxygen atoms in total. The number of rotatable bonds is 6. The molecule has 1 atom stereocenters. The molecule has 0 aliphatic rings. The van der Waals surface area contributed by atoms with E-state index in [4.69, 9.17) is 5.84 Å². The molecule has 0 saturated carbocycles. The summed E-state index contributed by atoms with van der Waals surface area (Å²) in [5.41, 5.74) is 3.42. The zero-order chi connectivity index (χ0) is 14.7. The average Bonchev–Trinajstić information content (AvgIpc) is 2.80. The Bertz CT molecular complexity index is 577. The van der Waals surface area contributed by atoms with Crippen LogP contribution in [0.4, 0.5) is 5.82 Å². The Kier molecular flexibility index (Phi) is 4.51. The standard InChI is InChI=1S/C13H23N7/c1-5-6-9(2)19(3)8-11-16-12(18-14)10-7-15-20(4)13(10)17-11/h7,9H,5-6,8,14H2,1-4H3,(H,16,17,18). The zero-order valence-corrected chi connectivity index (χ0v) is 12.6. The highest BCUT2D eigenvalue weighted by atomic mass is 15.3. The van der Waals surface area contributed by atoms with Crippen molar-refractivity contribution in [3.63, 3.8) is 0 Å². The minimum absolute atomic E-state index is 0.500.